The van der Waals surface area contributed by atoms with Crippen LogP contribution in [0.5, 0.6) is 11.5 Å². The maximum Gasteiger partial charge on any atom is 0.534 e. The average molecular weight is 547 g/mol. The van der Waals surface area contributed by atoms with Crippen LogP contribution in [0, 0.1) is 0 Å². The molecule has 0 atom stereocenters. The van der Waals surface area contributed by atoms with Gasteiger partial charge in [0.25, 0.3) is 0 Å². The van der Waals surface area contributed by atoms with E-state index in [9.17, 15) is 26.4 Å². The molecule has 0 aliphatic carbocycles. The van der Waals surface area contributed by atoms with Crippen LogP contribution >= 0.6 is 0 Å². The molecule has 0 radical (unpaired) electrons. The summed E-state index contributed by atoms with van der Waals surface area (Å²) in [6.45, 7) is 10.5. The zero-order valence-corrected chi connectivity index (χ0v) is 22.0. The molecule has 2 aliphatic rings. The summed E-state index contributed by atoms with van der Waals surface area (Å²) in [5, 5.41) is 0.438. The van der Waals surface area contributed by atoms with E-state index < -0.39 is 38.7 Å². The number of carbonyl (C=O) groups excluding carboxylic acids is 1. The molecule has 4 rings (SSSR count). The highest BCUT2D eigenvalue weighted by molar-refractivity contribution is 7.88. The molecule has 1 fully saturated rings. The minimum atomic E-state index is -5.90. The Morgan fingerprint density at radius 1 is 1.11 bits per heavy atom. The second-order valence-electron chi connectivity index (χ2n) is 10.6. The van der Waals surface area contributed by atoms with Gasteiger partial charge < -0.3 is 23.5 Å². The summed E-state index contributed by atoms with van der Waals surface area (Å²) in [4.78, 5) is 24.6. The summed E-state index contributed by atoms with van der Waals surface area (Å²) in [5.41, 5.74) is -6.52. The first-order valence-corrected chi connectivity index (χ1v) is 13.1. The van der Waals surface area contributed by atoms with Crippen LogP contribution in [0.4, 0.5) is 23.8 Å². The molecule has 0 N–H and O–H groups in total. The first-order valence-electron chi connectivity index (χ1n) is 11.7. The van der Waals surface area contributed by atoms with Gasteiger partial charge in [-0.15, -0.1) is 0 Å². The van der Waals surface area contributed by atoms with Gasteiger partial charge in [0.1, 0.15) is 29.1 Å². The molecular weight excluding hydrogens is 517 g/mol. The van der Waals surface area contributed by atoms with Gasteiger partial charge in [-0.3, -0.25) is 0 Å². The van der Waals surface area contributed by atoms with E-state index in [1.165, 1.54) is 12.4 Å². The van der Waals surface area contributed by atoms with Crippen LogP contribution in [-0.2, 0) is 21.3 Å². The van der Waals surface area contributed by atoms with Gasteiger partial charge in [-0.2, -0.15) is 21.6 Å². The number of hydrogen-bond acceptors (Lipinski definition) is 9. The number of hydrogen-bond donors (Lipinski definition) is 0. The lowest BCUT2D eigenvalue weighted by atomic mass is 9.92. The maximum absolute atomic E-state index is 13.1. The van der Waals surface area contributed by atoms with E-state index in [4.69, 9.17) is 9.47 Å². The Bertz CT molecular complexity index is 1320. The lowest BCUT2D eigenvalue weighted by Crippen LogP contribution is -2.50. The first-order chi connectivity index (χ1) is 17.0. The molecule has 1 amide bonds. The highest BCUT2D eigenvalue weighted by atomic mass is 32.2. The monoisotopic (exact) mass is 546 g/mol. The molecule has 1 saturated heterocycles. The van der Waals surface area contributed by atoms with E-state index in [0.717, 1.165) is 0 Å². The number of ether oxygens (including phenoxy) is 2. The first kappa shape index (κ1) is 27.0. The number of amides is 1. The molecule has 0 spiro atoms. The normalized spacial score (nSPS) is 18.3. The molecule has 2 aliphatic heterocycles. The average Bonchev–Trinajstić information content (AvgIpc) is 2.76. The smallest absolute Gasteiger partial charge is 0.487 e. The SMILES string of the molecule is CC(C)(C)OC(=O)N1CCN(c2ncnc3cc(OS(=O)(=O)C(F)(F)F)c4c(c23)OC(C)(C)CC4)CC1. The van der Waals surface area contributed by atoms with Crippen LogP contribution in [0.15, 0.2) is 12.4 Å². The van der Waals surface area contributed by atoms with Gasteiger partial charge >= 0.3 is 21.7 Å². The number of piperazine rings is 1. The molecule has 1 aromatic heterocycles. The lowest BCUT2D eigenvalue weighted by Gasteiger charge is -2.38. The molecule has 3 heterocycles. The van der Waals surface area contributed by atoms with Crippen molar-refractivity contribution in [3.05, 3.63) is 18.0 Å². The van der Waals surface area contributed by atoms with Gasteiger partial charge in [-0.1, -0.05) is 0 Å². The van der Waals surface area contributed by atoms with Crippen molar-refractivity contribution in [1.29, 1.82) is 0 Å². The second kappa shape index (κ2) is 9.07. The number of carbonyl (C=O) groups is 1. The minimum absolute atomic E-state index is 0.170. The van der Waals surface area contributed by atoms with Crippen LogP contribution in [0.1, 0.15) is 46.6 Å². The number of fused-ring (bicyclic) bond motifs is 3. The Labute approximate surface area is 212 Å². The number of halogens is 3. The van der Waals surface area contributed by atoms with Gasteiger partial charge in [-0.05, 0) is 47.5 Å². The zero-order chi connectivity index (χ0) is 27.4. The molecule has 204 valence electrons. The summed E-state index contributed by atoms with van der Waals surface area (Å²) < 4.78 is 78.9. The third-order valence-electron chi connectivity index (χ3n) is 5.99. The van der Waals surface area contributed by atoms with Gasteiger partial charge in [-0.25, -0.2) is 14.8 Å². The maximum atomic E-state index is 13.1. The molecule has 0 bridgehead atoms. The highest BCUT2D eigenvalue weighted by Crippen LogP contribution is 2.47. The topological polar surface area (TPSA) is 111 Å². The van der Waals surface area contributed by atoms with Crippen molar-refractivity contribution in [1.82, 2.24) is 14.9 Å². The van der Waals surface area contributed by atoms with Crippen LogP contribution in [0.25, 0.3) is 10.9 Å². The lowest BCUT2D eigenvalue weighted by molar-refractivity contribution is -0.0500. The van der Waals surface area contributed by atoms with E-state index in [2.05, 4.69) is 14.2 Å². The summed E-state index contributed by atoms with van der Waals surface area (Å²) in [7, 11) is -5.90. The van der Waals surface area contributed by atoms with Crippen molar-refractivity contribution < 1.29 is 40.0 Å². The predicted octanol–water partition coefficient (Wildman–Crippen LogP) is 4.02. The molecule has 37 heavy (non-hydrogen) atoms. The van der Waals surface area contributed by atoms with E-state index in [-0.39, 0.29) is 23.3 Å². The van der Waals surface area contributed by atoms with Gasteiger partial charge in [0.05, 0.1) is 10.9 Å². The quantitative estimate of drug-likeness (QED) is 0.416. The highest BCUT2D eigenvalue weighted by Gasteiger charge is 2.49. The number of nitrogens with zero attached hydrogens (tertiary/aromatic N) is 4. The van der Waals surface area contributed by atoms with E-state index in [0.29, 0.717) is 43.8 Å². The van der Waals surface area contributed by atoms with Crippen LogP contribution in [0.3, 0.4) is 0 Å². The molecule has 10 nitrogen and oxygen atoms in total. The molecule has 14 heteroatoms. The standard InChI is InChI=1S/C23H29F3N4O6S/c1-21(2,3)35-20(31)30-10-8-29(9-11-30)19-17-15(27-13-28-19)12-16(36-37(32,33)23(24,25)26)14-6-7-22(4,5)34-18(14)17/h12-13H,6-11H2,1-5H3. The second-order valence-corrected chi connectivity index (χ2v) is 12.1. The fraction of sp³-hybridized carbons (Fsp3) is 0.609. The summed E-state index contributed by atoms with van der Waals surface area (Å²) in [5.74, 6) is 0.175. The number of alkyl halides is 3. The van der Waals surface area contributed by atoms with Crippen molar-refractivity contribution in [2.24, 2.45) is 0 Å². The van der Waals surface area contributed by atoms with Crippen molar-refractivity contribution >= 4 is 32.9 Å². The summed E-state index contributed by atoms with van der Waals surface area (Å²) in [6.07, 6.45) is 1.46. The summed E-state index contributed by atoms with van der Waals surface area (Å²) in [6, 6.07) is 1.17. The molecule has 0 unspecified atom stereocenters. The fourth-order valence-electron chi connectivity index (χ4n) is 4.20. The third kappa shape index (κ3) is 5.63. The minimum Gasteiger partial charge on any atom is -0.487 e. The van der Waals surface area contributed by atoms with Gasteiger partial charge in [0.15, 0.2) is 5.75 Å². The van der Waals surface area contributed by atoms with Crippen molar-refractivity contribution in [2.45, 2.75) is 64.2 Å². The predicted molar refractivity (Wildman–Crippen MR) is 128 cm³/mol. The van der Waals surface area contributed by atoms with Crippen molar-refractivity contribution in [2.75, 3.05) is 31.1 Å². The van der Waals surface area contributed by atoms with Crippen molar-refractivity contribution in [3.8, 4) is 11.5 Å². The van der Waals surface area contributed by atoms with E-state index in [1.54, 1.807) is 25.7 Å². The molecular formula is C23H29F3N4O6S. The Morgan fingerprint density at radius 3 is 2.35 bits per heavy atom. The third-order valence-corrected chi connectivity index (χ3v) is 6.96. The molecule has 2 aromatic rings. The van der Waals surface area contributed by atoms with Crippen LogP contribution in [0.2, 0.25) is 0 Å². The van der Waals surface area contributed by atoms with E-state index >= 15 is 0 Å². The van der Waals surface area contributed by atoms with Gasteiger partial charge in [0.2, 0.25) is 0 Å². The summed E-state index contributed by atoms with van der Waals surface area (Å²) >= 11 is 0. The van der Waals surface area contributed by atoms with Gasteiger partial charge in [0, 0.05) is 37.8 Å². The molecule has 1 aromatic carbocycles. The number of aromatic nitrogens is 2. The zero-order valence-electron chi connectivity index (χ0n) is 21.2. The fourth-order valence-corrected chi connectivity index (χ4v) is 4.68. The van der Waals surface area contributed by atoms with E-state index in [1.807, 2.05) is 18.7 Å². The Kier molecular flexibility index (Phi) is 6.62. The molecule has 0 saturated carbocycles. The number of rotatable bonds is 3. The van der Waals surface area contributed by atoms with Crippen LogP contribution in [-0.4, -0.2) is 72.3 Å². The van der Waals surface area contributed by atoms with Crippen molar-refractivity contribution in [3.63, 3.8) is 0 Å². The number of benzene rings is 1. The number of anilines is 1. The Hall–Kier alpha value is -3.03. The Morgan fingerprint density at radius 2 is 1.76 bits per heavy atom. The largest absolute Gasteiger partial charge is 0.534 e. The van der Waals surface area contributed by atoms with Crippen LogP contribution < -0.4 is 13.8 Å². The Balaban J connectivity index is 1.73.